The van der Waals surface area contributed by atoms with Crippen LogP contribution in [-0.4, -0.2) is 49.3 Å². The second-order valence-electron chi connectivity index (χ2n) is 12.8. The van der Waals surface area contributed by atoms with Gasteiger partial charge in [-0.3, -0.25) is 4.90 Å². The van der Waals surface area contributed by atoms with Gasteiger partial charge in [-0.2, -0.15) is 0 Å². The van der Waals surface area contributed by atoms with Crippen molar-refractivity contribution in [3.05, 3.63) is 94.6 Å². The zero-order valence-electron chi connectivity index (χ0n) is 25.9. The molecule has 0 saturated carbocycles. The molecule has 0 radical (unpaired) electrons. The molecule has 4 nitrogen and oxygen atoms in total. The number of benzene rings is 3. The summed E-state index contributed by atoms with van der Waals surface area (Å²) in [5, 5.41) is 3.47. The summed E-state index contributed by atoms with van der Waals surface area (Å²) in [5.41, 5.74) is 1.84. The molecule has 1 fully saturated rings. The lowest BCUT2D eigenvalue weighted by Gasteiger charge is -2.44. The standard InChI is InChI=1S/C36H46F3N3O/c1-26-20-28-21-30(43-24-27-12-7-6-8-13-27)14-15-31(28)35(42(26)25-36(2,3)39)34-32(37)22-29(23-33(34)38)41-18-10-5-4-9-16-40-17-11-19-41/h6-8,12-15,21-23,26,35,40H,4-5,9-11,16-20,24-25H2,1-3H3/t26-,35?/m1/s1. The van der Waals surface area contributed by atoms with Crippen molar-refractivity contribution in [3.63, 3.8) is 0 Å². The minimum absolute atomic E-state index is 0.0155. The van der Waals surface area contributed by atoms with E-state index in [0.29, 0.717) is 24.5 Å². The van der Waals surface area contributed by atoms with Crippen LogP contribution in [0.5, 0.6) is 5.75 Å². The van der Waals surface area contributed by atoms with Crippen LogP contribution in [0.15, 0.2) is 60.7 Å². The highest BCUT2D eigenvalue weighted by Crippen LogP contribution is 2.43. The summed E-state index contributed by atoms with van der Waals surface area (Å²) in [5.74, 6) is -0.463. The molecule has 2 aliphatic rings. The van der Waals surface area contributed by atoms with Crippen molar-refractivity contribution in [2.45, 2.75) is 83.7 Å². The van der Waals surface area contributed by atoms with Crippen molar-refractivity contribution < 1.29 is 17.9 Å². The molecule has 1 unspecified atom stereocenters. The van der Waals surface area contributed by atoms with E-state index < -0.39 is 23.3 Å². The van der Waals surface area contributed by atoms with Crippen LogP contribution in [0.4, 0.5) is 18.9 Å². The first-order valence-corrected chi connectivity index (χ1v) is 15.9. The van der Waals surface area contributed by atoms with Gasteiger partial charge in [0.2, 0.25) is 0 Å². The van der Waals surface area contributed by atoms with Crippen molar-refractivity contribution in [1.29, 1.82) is 0 Å². The summed E-state index contributed by atoms with van der Waals surface area (Å²) < 4.78 is 53.7. The Bertz CT molecular complexity index is 1310. The summed E-state index contributed by atoms with van der Waals surface area (Å²) >= 11 is 0. The maximum atomic E-state index is 16.2. The lowest BCUT2D eigenvalue weighted by Crippen LogP contribution is -2.48. The SMILES string of the molecule is C[C@@H]1Cc2cc(OCc3ccccc3)ccc2C(c2c(F)cc(N3CCCCCCNCCC3)cc2F)N1CC(C)(C)F. The fourth-order valence-electron chi connectivity index (χ4n) is 6.54. The zero-order valence-corrected chi connectivity index (χ0v) is 25.9. The Morgan fingerprint density at radius 3 is 2.33 bits per heavy atom. The predicted octanol–water partition coefficient (Wildman–Crippen LogP) is 7.99. The van der Waals surface area contributed by atoms with Gasteiger partial charge in [0, 0.05) is 36.9 Å². The fraction of sp³-hybridized carbons (Fsp3) is 0.500. The quantitative estimate of drug-likeness (QED) is 0.301. The second kappa shape index (κ2) is 14.2. The average molecular weight is 594 g/mol. The molecule has 232 valence electrons. The highest BCUT2D eigenvalue weighted by Gasteiger charge is 2.39. The van der Waals surface area contributed by atoms with Gasteiger partial charge in [0.25, 0.3) is 0 Å². The van der Waals surface area contributed by atoms with Gasteiger partial charge in [-0.05, 0) is 100 Å². The van der Waals surface area contributed by atoms with Gasteiger partial charge in [0.1, 0.15) is 29.7 Å². The van der Waals surface area contributed by atoms with Crippen LogP contribution in [0.1, 0.15) is 81.2 Å². The molecule has 1 N–H and O–H groups in total. The second-order valence-corrected chi connectivity index (χ2v) is 12.8. The van der Waals surface area contributed by atoms with E-state index >= 15 is 13.2 Å². The molecule has 2 atom stereocenters. The number of fused-ring (bicyclic) bond motifs is 1. The molecule has 0 aromatic heterocycles. The molecule has 5 rings (SSSR count). The molecule has 7 heteroatoms. The molecule has 2 aliphatic heterocycles. The van der Waals surface area contributed by atoms with Gasteiger partial charge in [0.15, 0.2) is 0 Å². The van der Waals surface area contributed by atoms with E-state index in [1.165, 1.54) is 26.0 Å². The van der Waals surface area contributed by atoms with Crippen LogP contribution in [0.2, 0.25) is 0 Å². The first-order chi connectivity index (χ1) is 20.7. The van der Waals surface area contributed by atoms with E-state index in [1.54, 1.807) is 0 Å². The summed E-state index contributed by atoms with van der Waals surface area (Å²) in [7, 11) is 0. The number of alkyl halides is 1. The molecule has 43 heavy (non-hydrogen) atoms. The highest BCUT2D eigenvalue weighted by molar-refractivity contribution is 5.52. The lowest BCUT2D eigenvalue weighted by atomic mass is 9.83. The Morgan fingerprint density at radius 2 is 1.58 bits per heavy atom. The molecular formula is C36H46F3N3O. The van der Waals surface area contributed by atoms with Gasteiger partial charge in [-0.25, -0.2) is 13.2 Å². The van der Waals surface area contributed by atoms with Crippen molar-refractivity contribution in [1.82, 2.24) is 10.2 Å². The van der Waals surface area contributed by atoms with E-state index in [9.17, 15) is 0 Å². The first kappa shape index (κ1) is 31.4. The van der Waals surface area contributed by atoms with Gasteiger partial charge >= 0.3 is 0 Å². The molecule has 0 spiro atoms. The number of hydrogen-bond donors (Lipinski definition) is 1. The summed E-state index contributed by atoms with van der Waals surface area (Å²) in [4.78, 5) is 4.03. The number of anilines is 1. The minimum Gasteiger partial charge on any atom is -0.489 e. The lowest BCUT2D eigenvalue weighted by molar-refractivity contribution is 0.0652. The van der Waals surface area contributed by atoms with Crippen LogP contribution in [-0.2, 0) is 13.0 Å². The van der Waals surface area contributed by atoms with E-state index in [0.717, 1.165) is 75.0 Å². The van der Waals surface area contributed by atoms with Crippen LogP contribution in [0.3, 0.4) is 0 Å². The highest BCUT2D eigenvalue weighted by atomic mass is 19.1. The molecule has 0 amide bonds. The van der Waals surface area contributed by atoms with Crippen molar-refractivity contribution >= 4 is 5.69 Å². The van der Waals surface area contributed by atoms with Crippen LogP contribution >= 0.6 is 0 Å². The summed E-state index contributed by atoms with van der Waals surface area (Å²) in [6, 6.07) is 17.8. The van der Waals surface area contributed by atoms with Gasteiger partial charge in [-0.1, -0.05) is 49.2 Å². The third-order valence-electron chi connectivity index (χ3n) is 8.64. The number of halogens is 3. The minimum atomic E-state index is -1.54. The first-order valence-electron chi connectivity index (χ1n) is 15.9. The van der Waals surface area contributed by atoms with Crippen LogP contribution in [0.25, 0.3) is 0 Å². The van der Waals surface area contributed by atoms with E-state index in [-0.39, 0.29) is 18.2 Å². The molecule has 3 aromatic rings. The predicted molar refractivity (Wildman–Crippen MR) is 169 cm³/mol. The smallest absolute Gasteiger partial charge is 0.133 e. The van der Waals surface area contributed by atoms with E-state index in [2.05, 4.69) is 10.2 Å². The van der Waals surface area contributed by atoms with E-state index in [4.69, 9.17) is 4.74 Å². The Balaban J connectivity index is 1.48. The summed E-state index contributed by atoms with van der Waals surface area (Å²) in [6.45, 7) is 8.96. The fourth-order valence-corrected chi connectivity index (χ4v) is 6.54. The topological polar surface area (TPSA) is 27.7 Å². The largest absolute Gasteiger partial charge is 0.489 e. The zero-order chi connectivity index (χ0) is 30.4. The van der Waals surface area contributed by atoms with Crippen molar-refractivity contribution in [2.75, 3.05) is 37.6 Å². The maximum Gasteiger partial charge on any atom is 0.133 e. The number of hydrogen-bond acceptors (Lipinski definition) is 4. The third kappa shape index (κ3) is 8.12. The number of rotatable bonds is 7. The molecule has 0 bridgehead atoms. The monoisotopic (exact) mass is 593 g/mol. The van der Waals surface area contributed by atoms with Gasteiger partial charge in [0.05, 0.1) is 6.04 Å². The van der Waals surface area contributed by atoms with E-state index in [1.807, 2.05) is 60.4 Å². The third-order valence-corrected chi connectivity index (χ3v) is 8.64. The maximum absolute atomic E-state index is 16.2. The summed E-state index contributed by atoms with van der Waals surface area (Å²) in [6.07, 6.45) is 5.95. The molecule has 0 aliphatic carbocycles. The van der Waals surface area contributed by atoms with Gasteiger partial charge in [-0.15, -0.1) is 0 Å². The Labute approximate surface area is 255 Å². The number of nitrogens with one attached hydrogen (secondary N) is 1. The number of ether oxygens (including phenoxy) is 1. The molecule has 3 aromatic carbocycles. The van der Waals surface area contributed by atoms with Crippen molar-refractivity contribution in [3.8, 4) is 5.75 Å². The Morgan fingerprint density at radius 1 is 0.884 bits per heavy atom. The van der Waals surface area contributed by atoms with Crippen LogP contribution in [0, 0.1) is 11.6 Å². The normalized spacial score (nSPS) is 20.7. The molecular weight excluding hydrogens is 547 g/mol. The average Bonchev–Trinajstić information content (AvgIpc) is 3.03. The Hall–Kier alpha value is -3.03. The van der Waals surface area contributed by atoms with Crippen LogP contribution < -0.4 is 15.0 Å². The number of nitrogens with zero attached hydrogens (tertiary/aromatic N) is 2. The van der Waals surface area contributed by atoms with Gasteiger partial charge < -0.3 is 15.0 Å². The molecule has 1 saturated heterocycles. The Kier molecular flexibility index (Phi) is 10.3. The van der Waals surface area contributed by atoms with Crippen molar-refractivity contribution in [2.24, 2.45) is 0 Å². The molecule has 2 heterocycles.